The molecule has 13 rings (SSSR count). The molecular formula is C60H38N2. The fourth-order valence-corrected chi connectivity index (χ4v) is 10.1. The van der Waals surface area contributed by atoms with Gasteiger partial charge in [0.25, 0.3) is 0 Å². The standard InChI is InChI=1S/C60H38N2/c1-2-13-47(14-3-1)61-60-49-15-5-4-10-40(49)27-31-50(60)41-23-20-38(21-24-41)45-29-33-53-52-16-6-7-19-57(52)62(58(53)37-45)48-30-26-39-22-25-43(34-46(39)35-48)44-28-32-51-54-17-8-11-42-12-9-18-55(59(42)54)56(51)36-44/h1-37,61H. The highest BCUT2D eigenvalue weighted by Crippen LogP contribution is 2.48. The lowest BCUT2D eigenvalue weighted by atomic mass is 9.95. The number of nitrogens with one attached hydrogen (secondary N) is 1. The highest BCUT2D eigenvalue weighted by atomic mass is 15.0. The van der Waals surface area contributed by atoms with Gasteiger partial charge in [-0.15, -0.1) is 0 Å². The van der Waals surface area contributed by atoms with Crippen LogP contribution in [0.2, 0.25) is 0 Å². The largest absolute Gasteiger partial charge is 0.355 e. The number of fused-ring (bicyclic) bond motifs is 8. The van der Waals surface area contributed by atoms with Crippen LogP contribution in [0.5, 0.6) is 0 Å². The highest BCUT2D eigenvalue weighted by molar-refractivity contribution is 6.16. The Morgan fingerprint density at radius 3 is 1.77 bits per heavy atom. The highest BCUT2D eigenvalue weighted by Gasteiger charge is 2.22. The molecule has 1 aliphatic carbocycles. The number of aromatic nitrogens is 1. The summed E-state index contributed by atoms with van der Waals surface area (Å²) in [5.74, 6) is 0. The Morgan fingerprint density at radius 2 is 0.903 bits per heavy atom. The van der Waals surface area contributed by atoms with E-state index in [2.05, 4.69) is 234 Å². The molecule has 1 heterocycles. The summed E-state index contributed by atoms with van der Waals surface area (Å²) in [6.07, 6.45) is 0. The summed E-state index contributed by atoms with van der Waals surface area (Å²) in [4.78, 5) is 0. The van der Waals surface area contributed by atoms with Crippen molar-refractivity contribution in [2.24, 2.45) is 0 Å². The first-order valence-electron chi connectivity index (χ1n) is 21.4. The third-order valence-corrected chi connectivity index (χ3v) is 13.1. The molecule has 62 heavy (non-hydrogen) atoms. The Morgan fingerprint density at radius 1 is 0.290 bits per heavy atom. The van der Waals surface area contributed by atoms with Gasteiger partial charge in [0.05, 0.1) is 16.7 Å². The summed E-state index contributed by atoms with van der Waals surface area (Å²) in [5, 5.41) is 13.8. The third-order valence-electron chi connectivity index (χ3n) is 13.1. The lowest BCUT2D eigenvalue weighted by Gasteiger charge is -2.16. The first-order valence-corrected chi connectivity index (χ1v) is 21.4. The van der Waals surface area contributed by atoms with Gasteiger partial charge in [-0.1, -0.05) is 176 Å². The molecule has 12 aromatic rings. The SMILES string of the molecule is c1ccc(Nc2c(-c3ccc(-c4ccc5c6ccccc6n(-c6ccc7ccc(-c8ccc9c(c8)-c8cccc%10cccc-9c8%10)cc7c6)c5c4)cc3)ccc3ccccc23)cc1. The lowest BCUT2D eigenvalue weighted by Crippen LogP contribution is -1.95. The maximum Gasteiger partial charge on any atom is 0.0547 e. The summed E-state index contributed by atoms with van der Waals surface area (Å²) >= 11 is 0. The predicted molar refractivity (Wildman–Crippen MR) is 264 cm³/mol. The number of anilines is 2. The zero-order valence-corrected chi connectivity index (χ0v) is 33.8. The second-order valence-corrected chi connectivity index (χ2v) is 16.6. The summed E-state index contributed by atoms with van der Waals surface area (Å²) in [5.41, 5.74) is 18.2. The molecule has 1 N–H and O–H groups in total. The molecule has 0 radical (unpaired) electrons. The summed E-state index contributed by atoms with van der Waals surface area (Å²) in [6.45, 7) is 0. The summed E-state index contributed by atoms with van der Waals surface area (Å²) in [7, 11) is 0. The lowest BCUT2D eigenvalue weighted by molar-refractivity contribution is 1.19. The van der Waals surface area contributed by atoms with Gasteiger partial charge in [0.15, 0.2) is 0 Å². The molecule has 0 saturated heterocycles. The molecule has 0 unspecified atom stereocenters. The van der Waals surface area contributed by atoms with E-state index in [1.165, 1.54) is 110 Å². The Bertz CT molecular complexity index is 3760. The minimum atomic E-state index is 1.07. The molecule has 0 saturated carbocycles. The number of nitrogens with zero attached hydrogens (tertiary/aromatic N) is 1. The van der Waals surface area contributed by atoms with Gasteiger partial charge in [0.1, 0.15) is 0 Å². The summed E-state index contributed by atoms with van der Waals surface area (Å²) in [6, 6.07) is 82.4. The first-order chi connectivity index (χ1) is 30.7. The first kappa shape index (κ1) is 34.6. The van der Waals surface area contributed by atoms with Crippen LogP contribution in [0.4, 0.5) is 11.4 Å². The van der Waals surface area contributed by atoms with Gasteiger partial charge < -0.3 is 9.88 Å². The van der Waals surface area contributed by atoms with Gasteiger partial charge in [0.2, 0.25) is 0 Å². The van der Waals surface area contributed by atoms with E-state index in [0.29, 0.717) is 0 Å². The molecule has 2 nitrogen and oxygen atoms in total. The normalized spacial score (nSPS) is 11.9. The van der Waals surface area contributed by atoms with Crippen molar-refractivity contribution >= 4 is 65.5 Å². The van der Waals surface area contributed by atoms with Crippen LogP contribution in [0.15, 0.2) is 224 Å². The van der Waals surface area contributed by atoms with E-state index in [4.69, 9.17) is 0 Å². The number of hydrogen-bond acceptors (Lipinski definition) is 1. The quantitative estimate of drug-likeness (QED) is 0.178. The Hall–Kier alpha value is -8.20. The van der Waals surface area contributed by atoms with Gasteiger partial charge >= 0.3 is 0 Å². The van der Waals surface area contributed by atoms with Gasteiger partial charge in [0, 0.05) is 33.1 Å². The van der Waals surface area contributed by atoms with Gasteiger partial charge in [-0.3, -0.25) is 0 Å². The van der Waals surface area contributed by atoms with Crippen molar-refractivity contribution in [1.82, 2.24) is 4.57 Å². The monoisotopic (exact) mass is 786 g/mol. The summed E-state index contributed by atoms with van der Waals surface area (Å²) < 4.78 is 2.44. The minimum Gasteiger partial charge on any atom is -0.355 e. The van der Waals surface area contributed by atoms with Crippen LogP contribution in [-0.4, -0.2) is 4.57 Å². The number of para-hydroxylation sites is 2. The van der Waals surface area contributed by atoms with Crippen molar-refractivity contribution in [1.29, 1.82) is 0 Å². The number of hydrogen-bond donors (Lipinski definition) is 1. The Labute approximate surface area is 359 Å². The smallest absolute Gasteiger partial charge is 0.0547 e. The fraction of sp³-hybridized carbons (Fsp3) is 0. The van der Waals surface area contributed by atoms with Crippen LogP contribution in [0.1, 0.15) is 0 Å². The van der Waals surface area contributed by atoms with Crippen molar-refractivity contribution in [2.45, 2.75) is 0 Å². The zero-order valence-electron chi connectivity index (χ0n) is 33.8. The molecule has 2 heteroatoms. The van der Waals surface area contributed by atoms with Crippen LogP contribution in [0, 0.1) is 0 Å². The average molecular weight is 787 g/mol. The molecule has 0 spiro atoms. The van der Waals surface area contributed by atoms with E-state index in [-0.39, 0.29) is 0 Å². The van der Waals surface area contributed by atoms with Crippen molar-refractivity contribution in [3.8, 4) is 61.3 Å². The second kappa shape index (κ2) is 13.7. The molecule has 0 aliphatic heterocycles. The van der Waals surface area contributed by atoms with Gasteiger partial charge in [-0.2, -0.15) is 0 Å². The van der Waals surface area contributed by atoms with E-state index in [1.54, 1.807) is 0 Å². The van der Waals surface area contributed by atoms with E-state index in [0.717, 1.165) is 17.1 Å². The van der Waals surface area contributed by atoms with Crippen LogP contribution < -0.4 is 5.32 Å². The maximum atomic E-state index is 3.75. The van der Waals surface area contributed by atoms with E-state index >= 15 is 0 Å². The predicted octanol–water partition coefficient (Wildman–Crippen LogP) is 16.6. The molecular weight excluding hydrogens is 749 g/mol. The topological polar surface area (TPSA) is 17.0 Å². The molecule has 0 fully saturated rings. The van der Waals surface area contributed by atoms with Crippen LogP contribution in [-0.2, 0) is 0 Å². The number of rotatable bonds is 6. The van der Waals surface area contributed by atoms with Crippen molar-refractivity contribution in [3.63, 3.8) is 0 Å². The molecule has 0 amide bonds. The van der Waals surface area contributed by atoms with Crippen molar-refractivity contribution in [3.05, 3.63) is 224 Å². The molecule has 1 aromatic heterocycles. The molecule has 0 bridgehead atoms. The average Bonchev–Trinajstić information content (AvgIpc) is 3.84. The fourth-order valence-electron chi connectivity index (χ4n) is 10.1. The second-order valence-electron chi connectivity index (χ2n) is 16.6. The van der Waals surface area contributed by atoms with E-state index in [1.807, 2.05) is 0 Å². The Kier molecular flexibility index (Phi) is 7.64. The van der Waals surface area contributed by atoms with E-state index < -0.39 is 0 Å². The zero-order chi connectivity index (χ0) is 40.7. The number of benzene rings is 11. The Balaban J connectivity index is 0.888. The van der Waals surface area contributed by atoms with Crippen LogP contribution in [0.25, 0.3) is 115 Å². The molecule has 288 valence electrons. The van der Waals surface area contributed by atoms with Gasteiger partial charge in [-0.05, 0) is 126 Å². The molecule has 11 aromatic carbocycles. The van der Waals surface area contributed by atoms with E-state index in [9.17, 15) is 0 Å². The van der Waals surface area contributed by atoms with Gasteiger partial charge in [-0.25, -0.2) is 0 Å². The molecule has 0 atom stereocenters. The van der Waals surface area contributed by atoms with Crippen LogP contribution >= 0.6 is 0 Å². The van der Waals surface area contributed by atoms with Crippen LogP contribution in [0.3, 0.4) is 0 Å². The minimum absolute atomic E-state index is 1.07. The van der Waals surface area contributed by atoms with Crippen molar-refractivity contribution < 1.29 is 0 Å². The third kappa shape index (κ3) is 5.44. The maximum absolute atomic E-state index is 3.75. The van der Waals surface area contributed by atoms with Crippen molar-refractivity contribution in [2.75, 3.05) is 5.32 Å². The molecule has 1 aliphatic rings.